The number of carbonyl (C=O) groups is 1. The summed E-state index contributed by atoms with van der Waals surface area (Å²) >= 11 is 0. The Morgan fingerprint density at radius 1 is 1.44 bits per heavy atom. The predicted molar refractivity (Wildman–Crippen MR) is 45.1 cm³/mol. The van der Waals surface area contributed by atoms with Gasteiger partial charge in [-0.05, 0) is 12.1 Å². The normalized spacial score (nSPS) is 10.2. The van der Waals surface area contributed by atoms with E-state index in [4.69, 9.17) is 0 Å². The van der Waals surface area contributed by atoms with Gasteiger partial charge in [0.15, 0.2) is 6.29 Å². The molecule has 0 fully saturated rings. The molecule has 1 rings (SSSR count). The van der Waals surface area contributed by atoms with Crippen molar-refractivity contribution in [1.29, 1.82) is 0 Å². The first kappa shape index (κ1) is 12.0. The number of rotatable bonds is 4. The van der Waals surface area contributed by atoms with Gasteiger partial charge in [0, 0.05) is 0 Å². The third kappa shape index (κ3) is 2.27. The number of aldehydes is 1. The first-order chi connectivity index (χ1) is 7.47. The van der Waals surface area contributed by atoms with Crippen LogP contribution in [-0.2, 0) is 0 Å². The molecule has 0 aliphatic heterocycles. The van der Waals surface area contributed by atoms with Crippen LogP contribution in [0.15, 0.2) is 12.1 Å². The Morgan fingerprint density at radius 3 is 2.50 bits per heavy atom. The summed E-state index contributed by atoms with van der Waals surface area (Å²) in [4.78, 5) is 19.7. The fraction of sp³-hybridized carbons (Fsp3) is 0.125. The van der Waals surface area contributed by atoms with Gasteiger partial charge in [0.25, 0.3) is 0 Å². The van der Waals surface area contributed by atoms with Crippen LogP contribution in [0.4, 0.5) is 18.9 Å². The molecule has 0 bridgehead atoms. The van der Waals surface area contributed by atoms with Crippen molar-refractivity contribution in [3.05, 3.63) is 33.6 Å². The lowest BCUT2D eigenvalue weighted by molar-refractivity contribution is -0.387. The fourth-order valence-corrected chi connectivity index (χ4v) is 1.06. The molecule has 5 nitrogen and oxygen atoms in total. The van der Waals surface area contributed by atoms with Crippen molar-refractivity contribution in [1.82, 2.24) is 0 Å². The fourth-order valence-electron chi connectivity index (χ4n) is 1.06. The largest absolute Gasteiger partial charge is 0.434 e. The number of carbonyl (C=O) groups excluding carboxylic acids is 1. The summed E-state index contributed by atoms with van der Waals surface area (Å²) in [5.74, 6) is -2.04. The molecule has 0 N–H and O–H groups in total. The van der Waals surface area contributed by atoms with Crippen LogP contribution in [0.1, 0.15) is 10.4 Å². The van der Waals surface area contributed by atoms with Gasteiger partial charge in [-0.1, -0.05) is 0 Å². The third-order valence-electron chi connectivity index (χ3n) is 1.64. The lowest BCUT2D eigenvalue weighted by atomic mass is 10.1. The Labute approximate surface area is 86.6 Å². The van der Waals surface area contributed by atoms with Crippen molar-refractivity contribution >= 4 is 12.0 Å². The van der Waals surface area contributed by atoms with Crippen LogP contribution >= 0.6 is 0 Å². The maximum absolute atomic E-state index is 13.0. The highest BCUT2D eigenvalue weighted by Gasteiger charge is 2.25. The second-order valence-electron chi connectivity index (χ2n) is 2.56. The zero-order valence-electron chi connectivity index (χ0n) is 7.52. The van der Waals surface area contributed by atoms with E-state index in [1.54, 1.807) is 0 Å². The van der Waals surface area contributed by atoms with E-state index in [0.717, 1.165) is 6.07 Å². The average Bonchev–Trinajstić information content (AvgIpc) is 2.18. The maximum atomic E-state index is 13.0. The number of hydrogen-bond acceptors (Lipinski definition) is 4. The predicted octanol–water partition coefficient (Wildman–Crippen LogP) is 2.15. The van der Waals surface area contributed by atoms with Crippen LogP contribution in [0, 0.1) is 15.9 Å². The van der Waals surface area contributed by atoms with Gasteiger partial charge < -0.3 is 4.74 Å². The molecule has 0 radical (unpaired) electrons. The molecule has 0 atom stereocenters. The minimum Gasteiger partial charge on any atom is -0.434 e. The number of ether oxygens (including phenoxy) is 1. The average molecular weight is 235 g/mol. The number of benzene rings is 1. The quantitative estimate of drug-likeness (QED) is 0.455. The SMILES string of the molecule is O=Cc1c(OC(F)F)ccc(F)c1[N+](=O)[O-]. The van der Waals surface area contributed by atoms with Gasteiger partial charge in [0.05, 0.1) is 4.92 Å². The lowest BCUT2D eigenvalue weighted by Gasteiger charge is -2.07. The minimum absolute atomic E-state index is 0.112. The Hall–Kier alpha value is -2.12. The van der Waals surface area contributed by atoms with Crippen molar-refractivity contribution < 1.29 is 27.6 Å². The van der Waals surface area contributed by atoms with Gasteiger partial charge in [-0.3, -0.25) is 14.9 Å². The first-order valence-electron chi connectivity index (χ1n) is 3.84. The summed E-state index contributed by atoms with van der Waals surface area (Å²) in [6.45, 7) is -3.26. The molecule has 1 aromatic rings. The summed E-state index contributed by atoms with van der Waals surface area (Å²) < 4.78 is 40.5. The van der Waals surface area contributed by atoms with Gasteiger partial charge in [-0.2, -0.15) is 13.2 Å². The van der Waals surface area contributed by atoms with Crippen molar-refractivity contribution in [2.75, 3.05) is 0 Å². The van der Waals surface area contributed by atoms with Gasteiger partial charge in [-0.25, -0.2) is 0 Å². The monoisotopic (exact) mass is 235 g/mol. The van der Waals surface area contributed by atoms with E-state index < -0.39 is 34.4 Å². The summed E-state index contributed by atoms with van der Waals surface area (Å²) in [6.07, 6.45) is -0.112. The molecule has 8 heteroatoms. The smallest absolute Gasteiger partial charge is 0.387 e. The molecule has 0 aromatic heterocycles. The molecule has 1 aromatic carbocycles. The van der Waals surface area contributed by atoms with E-state index in [0.29, 0.717) is 6.07 Å². The van der Waals surface area contributed by atoms with Crippen molar-refractivity contribution in [3.8, 4) is 5.75 Å². The van der Waals surface area contributed by atoms with Crippen LogP contribution in [-0.4, -0.2) is 17.8 Å². The zero-order valence-corrected chi connectivity index (χ0v) is 7.52. The highest BCUT2D eigenvalue weighted by Crippen LogP contribution is 2.30. The van der Waals surface area contributed by atoms with Gasteiger partial charge >= 0.3 is 12.3 Å². The molecule has 0 amide bonds. The molecule has 86 valence electrons. The van der Waals surface area contributed by atoms with Gasteiger partial charge in [0.2, 0.25) is 5.82 Å². The second-order valence-corrected chi connectivity index (χ2v) is 2.56. The molecule has 0 unspecified atom stereocenters. The second kappa shape index (κ2) is 4.60. The van der Waals surface area contributed by atoms with Crippen molar-refractivity contribution in [2.45, 2.75) is 6.61 Å². The van der Waals surface area contributed by atoms with Crippen LogP contribution in [0.2, 0.25) is 0 Å². The van der Waals surface area contributed by atoms with Crippen molar-refractivity contribution in [2.24, 2.45) is 0 Å². The summed E-state index contributed by atoms with van der Waals surface area (Å²) in [5, 5.41) is 10.4. The topological polar surface area (TPSA) is 69.4 Å². The molecule has 0 heterocycles. The molecule has 16 heavy (non-hydrogen) atoms. The van der Waals surface area contributed by atoms with E-state index >= 15 is 0 Å². The first-order valence-corrected chi connectivity index (χ1v) is 3.84. The van der Waals surface area contributed by atoms with E-state index in [1.165, 1.54) is 0 Å². The van der Waals surface area contributed by atoms with Crippen LogP contribution in [0.25, 0.3) is 0 Å². The zero-order chi connectivity index (χ0) is 12.3. The standard InChI is InChI=1S/C8H4F3NO4/c9-5-1-2-6(16-8(10)11)4(3-13)7(5)12(14)15/h1-3,8H. The van der Waals surface area contributed by atoms with Crippen molar-refractivity contribution in [3.63, 3.8) is 0 Å². The number of nitro benzene ring substituents is 1. The Balaban J connectivity index is 3.36. The summed E-state index contributed by atoms with van der Waals surface area (Å²) in [5.41, 5.74) is -2.04. The van der Waals surface area contributed by atoms with E-state index in [-0.39, 0.29) is 6.29 Å². The summed E-state index contributed by atoms with van der Waals surface area (Å²) in [7, 11) is 0. The van der Waals surface area contributed by atoms with Gasteiger partial charge in [-0.15, -0.1) is 0 Å². The molecule has 0 spiro atoms. The Kier molecular flexibility index (Phi) is 3.44. The maximum Gasteiger partial charge on any atom is 0.387 e. The summed E-state index contributed by atoms with van der Waals surface area (Å²) in [6, 6.07) is 1.29. The molecule has 0 aliphatic rings. The van der Waals surface area contributed by atoms with E-state index in [9.17, 15) is 28.1 Å². The molecular weight excluding hydrogens is 231 g/mol. The van der Waals surface area contributed by atoms with E-state index in [2.05, 4.69) is 4.74 Å². The van der Waals surface area contributed by atoms with Crippen LogP contribution in [0.5, 0.6) is 5.75 Å². The Bertz CT molecular complexity index is 436. The van der Waals surface area contributed by atoms with Crippen LogP contribution in [0.3, 0.4) is 0 Å². The number of alkyl halides is 2. The van der Waals surface area contributed by atoms with E-state index in [1.807, 2.05) is 0 Å². The number of nitro groups is 1. The molecule has 0 aliphatic carbocycles. The molecule has 0 saturated heterocycles. The minimum atomic E-state index is -3.26. The number of hydrogen-bond donors (Lipinski definition) is 0. The third-order valence-corrected chi connectivity index (χ3v) is 1.64. The van der Waals surface area contributed by atoms with Gasteiger partial charge in [0.1, 0.15) is 11.3 Å². The molecule has 0 saturated carbocycles. The number of halogens is 3. The number of nitrogens with zero attached hydrogens (tertiary/aromatic N) is 1. The highest BCUT2D eigenvalue weighted by molar-refractivity contribution is 5.85. The lowest BCUT2D eigenvalue weighted by Crippen LogP contribution is -2.07. The Morgan fingerprint density at radius 2 is 2.06 bits per heavy atom. The molecular formula is C8H4F3NO4. The highest BCUT2D eigenvalue weighted by atomic mass is 19.3. The van der Waals surface area contributed by atoms with Crippen LogP contribution < -0.4 is 4.74 Å².